The van der Waals surface area contributed by atoms with Gasteiger partial charge >= 0.3 is 12.1 Å². The lowest BCUT2D eigenvalue weighted by Crippen LogP contribution is -2.34. The fraction of sp³-hybridized carbons (Fsp3) is 0.222. The van der Waals surface area contributed by atoms with E-state index in [1.54, 1.807) is 19.1 Å². The van der Waals surface area contributed by atoms with Crippen LogP contribution in [-0.2, 0) is 4.79 Å². The first-order valence-corrected chi connectivity index (χ1v) is 3.79. The highest BCUT2D eigenvalue weighted by molar-refractivity contribution is 5.74. The zero-order valence-corrected chi connectivity index (χ0v) is 7.33. The highest BCUT2D eigenvalue weighted by Crippen LogP contribution is 2.24. The van der Waals surface area contributed by atoms with Crippen molar-refractivity contribution >= 4 is 5.97 Å². The number of para-hydroxylation sites is 1. The number of alkyl halides is 2. The third-order valence-electron chi connectivity index (χ3n) is 1.58. The second kappa shape index (κ2) is 3.61. The summed E-state index contributed by atoms with van der Waals surface area (Å²) in [5.41, 5.74) is 0.452. The van der Waals surface area contributed by atoms with E-state index in [4.69, 9.17) is 5.11 Å². The van der Waals surface area contributed by atoms with Crippen molar-refractivity contribution in [3.63, 3.8) is 0 Å². The Bertz CT molecular complexity index is 350. The number of hydrogen-bond donors (Lipinski definition) is 1. The first-order valence-electron chi connectivity index (χ1n) is 3.79. The Hall–Kier alpha value is -1.65. The minimum atomic E-state index is -4.19. The monoisotopic (exact) mass is 202 g/mol. The van der Waals surface area contributed by atoms with Crippen molar-refractivity contribution in [2.24, 2.45) is 0 Å². The molecule has 14 heavy (non-hydrogen) atoms. The van der Waals surface area contributed by atoms with Gasteiger partial charge in [0.1, 0.15) is 5.75 Å². The fourth-order valence-electron chi connectivity index (χ4n) is 0.853. The number of carbonyl (C=O) groups is 1. The average Bonchev–Trinajstić information content (AvgIpc) is 2.08. The molecule has 5 heteroatoms. The molecule has 0 bridgehead atoms. The lowest BCUT2D eigenvalue weighted by Gasteiger charge is -2.14. The van der Waals surface area contributed by atoms with Crippen LogP contribution in [0.4, 0.5) is 8.78 Å². The standard InChI is InChI=1S/C9H8F2O3/c1-6-4-2-3-5-7(6)14-9(10,11)8(12)13/h2-5H,1H3,(H,12,13). The zero-order valence-electron chi connectivity index (χ0n) is 7.33. The molecule has 1 N–H and O–H groups in total. The number of rotatable bonds is 3. The fourth-order valence-corrected chi connectivity index (χ4v) is 0.853. The molecule has 0 heterocycles. The summed E-state index contributed by atoms with van der Waals surface area (Å²) in [4.78, 5) is 10.1. The molecule has 0 aliphatic heterocycles. The van der Waals surface area contributed by atoms with Crippen molar-refractivity contribution in [2.75, 3.05) is 0 Å². The number of ether oxygens (including phenoxy) is 1. The Morgan fingerprint density at radius 3 is 2.50 bits per heavy atom. The van der Waals surface area contributed by atoms with E-state index < -0.39 is 12.1 Å². The maximum atomic E-state index is 12.6. The molecule has 76 valence electrons. The molecule has 1 rings (SSSR count). The minimum Gasteiger partial charge on any atom is -0.474 e. The Labute approximate surface area is 78.9 Å². The summed E-state index contributed by atoms with van der Waals surface area (Å²) in [6.45, 7) is 1.55. The summed E-state index contributed by atoms with van der Waals surface area (Å²) >= 11 is 0. The van der Waals surface area contributed by atoms with Crippen molar-refractivity contribution in [1.29, 1.82) is 0 Å². The summed E-state index contributed by atoms with van der Waals surface area (Å²) < 4.78 is 29.2. The molecule has 3 nitrogen and oxygen atoms in total. The van der Waals surface area contributed by atoms with Crippen LogP contribution >= 0.6 is 0 Å². The molecule has 0 amide bonds. The van der Waals surface area contributed by atoms with Crippen LogP contribution in [0.15, 0.2) is 24.3 Å². The molecule has 0 fully saturated rings. The highest BCUT2D eigenvalue weighted by atomic mass is 19.3. The lowest BCUT2D eigenvalue weighted by molar-refractivity contribution is -0.211. The SMILES string of the molecule is Cc1ccccc1OC(F)(F)C(=O)O. The highest BCUT2D eigenvalue weighted by Gasteiger charge is 2.42. The van der Waals surface area contributed by atoms with Crippen LogP contribution in [-0.4, -0.2) is 17.2 Å². The molecule has 0 aliphatic rings. The number of aryl methyl sites for hydroxylation is 1. The molecule has 0 saturated heterocycles. The predicted molar refractivity (Wildman–Crippen MR) is 44.4 cm³/mol. The first kappa shape index (κ1) is 10.4. The molecule has 0 radical (unpaired) electrons. The molecule has 0 aliphatic carbocycles. The molecule has 0 atom stereocenters. The van der Waals surface area contributed by atoms with E-state index in [2.05, 4.69) is 4.74 Å². The molecule has 0 aromatic heterocycles. The smallest absolute Gasteiger partial charge is 0.474 e. The summed E-state index contributed by atoms with van der Waals surface area (Å²) in [6.07, 6.45) is -4.19. The molecule has 1 aromatic carbocycles. The van der Waals surface area contributed by atoms with E-state index in [1.807, 2.05) is 0 Å². The van der Waals surface area contributed by atoms with E-state index in [1.165, 1.54) is 12.1 Å². The summed E-state index contributed by atoms with van der Waals surface area (Å²) in [5, 5.41) is 8.12. The lowest BCUT2D eigenvalue weighted by atomic mass is 10.2. The minimum absolute atomic E-state index is 0.139. The predicted octanol–water partition coefficient (Wildman–Crippen LogP) is 2.05. The first-order chi connectivity index (χ1) is 6.43. The maximum absolute atomic E-state index is 12.6. The normalized spacial score (nSPS) is 11.1. The Balaban J connectivity index is 2.89. The summed E-state index contributed by atoms with van der Waals surface area (Å²) in [7, 11) is 0. The number of benzene rings is 1. The van der Waals surface area contributed by atoms with Crippen LogP contribution in [0.25, 0.3) is 0 Å². The van der Waals surface area contributed by atoms with Crippen LogP contribution in [0.1, 0.15) is 5.56 Å². The van der Waals surface area contributed by atoms with Crippen LogP contribution in [0.3, 0.4) is 0 Å². The molecule has 0 unspecified atom stereocenters. The number of hydrogen-bond acceptors (Lipinski definition) is 2. The third-order valence-corrected chi connectivity index (χ3v) is 1.58. The van der Waals surface area contributed by atoms with Gasteiger partial charge in [-0.1, -0.05) is 18.2 Å². The average molecular weight is 202 g/mol. The Kier molecular flexibility index (Phi) is 2.69. The largest absolute Gasteiger partial charge is 0.501 e. The van der Waals surface area contributed by atoms with E-state index in [9.17, 15) is 13.6 Å². The van der Waals surface area contributed by atoms with Gasteiger partial charge in [0.15, 0.2) is 0 Å². The van der Waals surface area contributed by atoms with E-state index in [0.717, 1.165) is 0 Å². The number of carboxylic acids is 1. The van der Waals surface area contributed by atoms with Crippen LogP contribution < -0.4 is 4.74 Å². The van der Waals surface area contributed by atoms with Gasteiger partial charge in [-0.2, -0.15) is 8.78 Å². The molecular formula is C9H8F2O3. The van der Waals surface area contributed by atoms with Gasteiger partial charge in [0.05, 0.1) is 0 Å². The molecule has 0 saturated carbocycles. The van der Waals surface area contributed by atoms with Crippen molar-refractivity contribution in [3.8, 4) is 5.75 Å². The quantitative estimate of drug-likeness (QED) is 0.815. The Morgan fingerprint density at radius 2 is 2.00 bits per heavy atom. The van der Waals surface area contributed by atoms with Crippen molar-refractivity contribution in [1.82, 2.24) is 0 Å². The second-order valence-corrected chi connectivity index (χ2v) is 2.69. The summed E-state index contributed by atoms with van der Waals surface area (Å²) in [5.74, 6) is -2.44. The van der Waals surface area contributed by atoms with Gasteiger partial charge < -0.3 is 9.84 Å². The van der Waals surface area contributed by atoms with Gasteiger partial charge in [-0.05, 0) is 18.6 Å². The van der Waals surface area contributed by atoms with Gasteiger partial charge in [-0.3, -0.25) is 0 Å². The maximum Gasteiger partial charge on any atom is 0.501 e. The third kappa shape index (κ3) is 2.18. The van der Waals surface area contributed by atoms with E-state index in [-0.39, 0.29) is 5.75 Å². The van der Waals surface area contributed by atoms with E-state index in [0.29, 0.717) is 5.56 Å². The molecule has 0 spiro atoms. The number of carboxylic acid groups (broad SMARTS) is 1. The van der Waals surface area contributed by atoms with Gasteiger partial charge in [-0.25, -0.2) is 4.79 Å². The zero-order chi connectivity index (χ0) is 10.8. The van der Waals surface area contributed by atoms with Crippen molar-refractivity contribution in [2.45, 2.75) is 13.0 Å². The van der Waals surface area contributed by atoms with Gasteiger partial charge in [0.2, 0.25) is 0 Å². The van der Waals surface area contributed by atoms with Gasteiger partial charge in [-0.15, -0.1) is 0 Å². The van der Waals surface area contributed by atoms with Crippen molar-refractivity contribution < 1.29 is 23.4 Å². The Morgan fingerprint density at radius 1 is 1.43 bits per heavy atom. The van der Waals surface area contributed by atoms with Crippen LogP contribution in [0, 0.1) is 6.92 Å². The van der Waals surface area contributed by atoms with Crippen molar-refractivity contribution in [3.05, 3.63) is 29.8 Å². The van der Waals surface area contributed by atoms with Gasteiger partial charge in [0, 0.05) is 0 Å². The molecular weight excluding hydrogens is 194 g/mol. The number of aliphatic carboxylic acids is 1. The van der Waals surface area contributed by atoms with E-state index >= 15 is 0 Å². The molecule has 1 aromatic rings. The van der Waals surface area contributed by atoms with Crippen LogP contribution in [0.5, 0.6) is 5.75 Å². The second-order valence-electron chi connectivity index (χ2n) is 2.69. The summed E-state index contributed by atoms with van der Waals surface area (Å²) in [6, 6.07) is 5.96. The topological polar surface area (TPSA) is 46.5 Å². The number of halogens is 2. The van der Waals surface area contributed by atoms with Gasteiger partial charge in [0.25, 0.3) is 0 Å². The van der Waals surface area contributed by atoms with Crippen LogP contribution in [0.2, 0.25) is 0 Å².